The normalized spacial score (nSPS) is 13.4. The van der Waals surface area contributed by atoms with E-state index >= 15 is 0 Å². The Bertz CT molecular complexity index is 235. The van der Waals surface area contributed by atoms with Crippen molar-refractivity contribution in [1.82, 2.24) is 0 Å². The van der Waals surface area contributed by atoms with Crippen molar-refractivity contribution in [3.8, 4) is 0 Å². The quantitative estimate of drug-likeness (QED) is 0.391. The highest BCUT2D eigenvalue weighted by Crippen LogP contribution is 2.65. The monoisotopic (exact) mass is 294 g/mol. The van der Waals surface area contributed by atoms with Gasteiger partial charge in [0, 0.05) is 27.4 Å². The van der Waals surface area contributed by atoms with Crippen LogP contribution in [0.5, 0.6) is 0 Å². The number of rotatable bonds is 8. The summed E-state index contributed by atoms with van der Waals surface area (Å²) in [5.74, 6) is 0. The molecule has 5 nitrogen and oxygen atoms in total. The van der Waals surface area contributed by atoms with E-state index in [1.807, 2.05) is 0 Å². The van der Waals surface area contributed by atoms with E-state index in [1.54, 1.807) is 13.8 Å². The molecule has 98 valence electrons. The van der Waals surface area contributed by atoms with Gasteiger partial charge in [-0.25, -0.2) is 0 Å². The molecule has 0 spiro atoms. The molecule has 0 aliphatic heterocycles. The molecule has 0 radical (unpaired) electrons. The van der Waals surface area contributed by atoms with Crippen molar-refractivity contribution in [3.05, 3.63) is 0 Å². The Hall–Kier alpha value is 0.650. The van der Waals surface area contributed by atoms with E-state index in [1.165, 1.54) is 14.2 Å². The SMILES string of the molecule is CCOC(OCC)C(Cl)(Cl)P(=O)(OC)OC. The fourth-order valence-electron chi connectivity index (χ4n) is 0.998. The second-order valence-corrected chi connectivity index (χ2v) is 7.04. The van der Waals surface area contributed by atoms with Gasteiger partial charge in [-0.1, -0.05) is 23.2 Å². The summed E-state index contributed by atoms with van der Waals surface area (Å²) in [7, 11) is -1.33. The molecule has 0 fully saturated rings. The molecule has 0 aromatic carbocycles. The number of hydrogen-bond acceptors (Lipinski definition) is 5. The van der Waals surface area contributed by atoms with Crippen LogP contribution in [-0.2, 0) is 23.1 Å². The van der Waals surface area contributed by atoms with Crippen LogP contribution >= 0.6 is 30.8 Å². The van der Waals surface area contributed by atoms with E-state index in [0.717, 1.165) is 0 Å². The average molecular weight is 295 g/mol. The zero-order valence-corrected chi connectivity index (χ0v) is 12.1. The van der Waals surface area contributed by atoms with E-state index in [0.29, 0.717) is 13.2 Å². The predicted octanol–water partition coefficient (Wildman–Crippen LogP) is 3.00. The van der Waals surface area contributed by atoms with Gasteiger partial charge in [-0.2, -0.15) is 0 Å². The maximum atomic E-state index is 12.1. The van der Waals surface area contributed by atoms with Crippen LogP contribution in [0.1, 0.15) is 13.8 Å². The summed E-state index contributed by atoms with van der Waals surface area (Å²) in [5.41, 5.74) is 0. The van der Waals surface area contributed by atoms with Crippen molar-refractivity contribution in [2.24, 2.45) is 0 Å². The number of alkyl halides is 2. The lowest BCUT2D eigenvalue weighted by molar-refractivity contribution is -0.135. The lowest BCUT2D eigenvalue weighted by atomic mass is 10.7. The van der Waals surface area contributed by atoms with Crippen molar-refractivity contribution >= 4 is 30.8 Å². The lowest BCUT2D eigenvalue weighted by Gasteiger charge is -2.32. The Kier molecular flexibility index (Phi) is 7.46. The maximum absolute atomic E-state index is 12.1. The number of hydrogen-bond donors (Lipinski definition) is 0. The standard InChI is InChI=1S/C8H17Cl2O5P/c1-5-14-7(15-6-2)8(9,10)16(11,12-3)13-4/h7H,5-6H2,1-4H3. The van der Waals surface area contributed by atoms with Gasteiger partial charge in [0.1, 0.15) is 0 Å². The first-order valence-corrected chi connectivity index (χ1v) is 7.02. The third-order valence-electron chi connectivity index (χ3n) is 1.77. The second kappa shape index (κ2) is 7.17. The Morgan fingerprint density at radius 1 is 1.12 bits per heavy atom. The van der Waals surface area contributed by atoms with E-state index in [2.05, 4.69) is 0 Å². The molecule has 0 aliphatic rings. The van der Waals surface area contributed by atoms with Gasteiger partial charge in [0.25, 0.3) is 4.07 Å². The largest absolute Gasteiger partial charge is 0.371 e. The molecule has 0 amide bonds. The molecule has 0 saturated carbocycles. The number of halogens is 2. The van der Waals surface area contributed by atoms with E-state index < -0.39 is 18.0 Å². The molecule has 0 saturated heterocycles. The highest BCUT2D eigenvalue weighted by molar-refractivity contribution is 7.60. The van der Waals surface area contributed by atoms with Crippen molar-refractivity contribution in [1.29, 1.82) is 0 Å². The molecule has 0 heterocycles. The topological polar surface area (TPSA) is 54.0 Å². The third kappa shape index (κ3) is 3.57. The highest BCUT2D eigenvalue weighted by Gasteiger charge is 2.55. The summed E-state index contributed by atoms with van der Waals surface area (Å²) < 4.78 is 30.0. The van der Waals surface area contributed by atoms with Crippen molar-refractivity contribution in [2.45, 2.75) is 24.2 Å². The van der Waals surface area contributed by atoms with Gasteiger partial charge in [-0.15, -0.1) is 0 Å². The molecule has 8 heteroatoms. The molecule has 0 N–H and O–H groups in total. The van der Waals surface area contributed by atoms with Gasteiger partial charge in [0.15, 0.2) is 0 Å². The summed E-state index contributed by atoms with van der Waals surface area (Å²) in [6, 6.07) is 0. The summed E-state index contributed by atoms with van der Waals surface area (Å²) in [6.45, 7) is 4.08. The Labute approximate surface area is 106 Å². The van der Waals surface area contributed by atoms with Crippen LogP contribution in [0.25, 0.3) is 0 Å². The molecular weight excluding hydrogens is 278 g/mol. The average Bonchev–Trinajstić information content (AvgIpc) is 2.27. The van der Waals surface area contributed by atoms with E-state index in [4.69, 9.17) is 41.7 Å². The fourth-order valence-corrected chi connectivity index (χ4v) is 3.12. The Balaban J connectivity index is 5.01. The molecule has 16 heavy (non-hydrogen) atoms. The first-order valence-electron chi connectivity index (χ1n) is 4.72. The van der Waals surface area contributed by atoms with Gasteiger partial charge in [-0.3, -0.25) is 4.57 Å². The van der Waals surface area contributed by atoms with Gasteiger partial charge in [0.05, 0.1) is 0 Å². The van der Waals surface area contributed by atoms with Crippen LogP contribution in [0.15, 0.2) is 0 Å². The number of ether oxygens (including phenoxy) is 2. The maximum Gasteiger partial charge on any atom is 0.371 e. The minimum absolute atomic E-state index is 0.305. The summed E-state index contributed by atoms with van der Waals surface area (Å²) >= 11 is 11.9. The molecule has 0 bridgehead atoms. The first-order chi connectivity index (χ1) is 7.39. The smallest absolute Gasteiger partial charge is 0.349 e. The van der Waals surface area contributed by atoms with Crippen LogP contribution in [0.4, 0.5) is 0 Å². The van der Waals surface area contributed by atoms with Crippen LogP contribution < -0.4 is 0 Å². The van der Waals surface area contributed by atoms with Gasteiger partial charge >= 0.3 is 7.60 Å². The van der Waals surface area contributed by atoms with Crippen molar-refractivity contribution < 1.29 is 23.1 Å². The minimum atomic E-state index is -3.72. The van der Waals surface area contributed by atoms with E-state index in [-0.39, 0.29) is 0 Å². The van der Waals surface area contributed by atoms with Crippen molar-refractivity contribution in [3.63, 3.8) is 0 Å². The predicted molar refractivity (Wildman–Crippen MR) is 63.1 cm³/mol. The molecular formula is C8H17Cl2O5P. The van der Waals surface area contributed by atoms with Crippen LogP contribution in [-0.4, -0.2) is 37.8 Å². The van der Waals surface area contributed by atoms with Crippen LogP contribution in [0, 0.1) is 0 Å². The fraction of sp³-hybridized carbons (Fsp3) is 1.00. The Morgan fingerprint density at radius 3 is 1.75 bits per heavy atom. The summed E-state index contributed by atoms with van der Waals surface area (Å²) in [5, 5.41) is 0. The van der Waals surface area contributed by atoms with E-state index in [9.17, 15) is 4.57 Å². The summed E-state index contributed by atoms with van der Waals surface area (Å²) in [4.78, 5) is 0. The molecule has 0 aromatic heterocycles. The molecule has 0 unspecified atom stereocenters. The van der Waals surface area contributed by atoms with Gasteiger partial charge < -0.3 is 18.5 Å². The summed E-state index contributed by atoms with van der Waals surface area (Å²) in [6.07, 6.45) is -1.09. The van der Waals surface area contributed by atoms with Crippen LogP contribution in [0.2, 0.25) is 0 Å². The van der Waals surface area contributed by atoms with Crippen molar-refractivity contribution in [2.75, 3.05) is 27.4 Å². The van der Waals surface area contributed by atoms with Crippen LogP contribution in [0.3, 0.4) is 0 Å². The van der Waals surface area contributed by atoms with Gasteiger partial charge in [-0.05, 0) is 13.8 Å². The highest BCUT2D eigenvalue weighted by atomic mass is 35.5. The zero-order valence-electron chi connectivity index (χ0n) is 9.74. The third-order valence-corrected chi connectivity index (χ3v) is 5.27. The lowest BCUT2D eigenvalue weighted by Crippen LogP contribution is -2.37. The minimum Gasteiger partial charge on any atom is -0.349 e. The van der Waals surface area contributed by atoms with Gasteiger partial charge in [0.2, 0.25) is 6.29 Å². The molecule has 0 aliphatic carbocycles. The molecule has 0 rings (SSSR count). The molecule has 0 atom stereocenters. The first kappa shape index (κ1) is 16.6. The molecule has 0 aromatic rings. The Morgan fingerprint density at radius 2 is 1.50 bits per heavy atom. The zero-order chi connectivity index (χ0) is 12.8. The second-order valence-electron chi connectivity index (χ2n) is 2.69.